The Balaban J connectivity index is 1.64. The van der Waals surface area contributed by atoms with Gasteiger partial charge in [0.1, 0.15) is 0 Å². The summed E-state index contributed by atoms with van der Waals surface area (Å²) in [5, 5.41) is 13.9. The largest absolute Gasteiger partial charge is 0.395 e. The van der Waals surface area contributed by atoms with Gasteiger partial charge in [-0.05, 0) is 30.9 Å². The van der Waals surface area contributed by atoms with Gasteiger partial charge in [0.25, 0.3) is 0 Å². The van der Waals surface area contributed by atoms with Crippen molar-refractivity contribution in [3.05, 3.63) is 29.4 Å². The number of hydrogen-bond donors (Lipinski definition) is 2. The van der Waals surface area contributed by atoms with Crippen molar-refractivity contribution in [1.29, 1.82) is 0 Å². The van der Waals surface area contributed by atoms with Crippen molar-refractivity contribution < 1.29 is 14.6 Å². The predicted molar refractivity (Wildman–Crippen MR) is 107 cm³/mol. The van der Waals surface area contributed by atoms with Gasteiger partial charge in [-0.2, -0.15) is 0 Å². The standard InChI is InChI=1S/C21H27ClN2O3/c22-16-8-5-9-18-19(16)17(12-24(18)10-11-25)23-20(26)21(13-27-14-21)15-6-3-1-2-4-7-15/h5,8-9,12,15,25H,1-4,6-7,10-11,13-14H2,(H,23,26). The van der Waals surface area contributed by atoms with Crippen molar-refractivity contribution >= 4 is 34.1 Å². The topological polar surface area (TPSA) is 63.5 Å². The van der Waals surface area contributed by atoms with Gasteiger partial charge >= 0.3 is 0 Å². The Morgan fingerprint density at radius 3 is 2.63 bits per heavy atom. The van der Waals surface area contributed by atoms with E-state index >= 15 is 0 Å². The molecular weight excluding hydrogens is 364 g/mol. The van der Waals surface area contributed by atoms with Gasteiger partial charge in [-0.15, -0.1) is 0 Å². The SMILES string of the molecule is O=C(Nc1cn(CCO)c2cccc(Cl)c12)C1(C2CCCCCC2)COC1. The molecule has 2 fully saturated rings. The van der Waals surface area contributed by atoms with E-state index in [0.717, 1.165) is 23.7 Å². The second kappa shape index (κ2) is 7.82. The number of aromatic nitrogens is 1. The van der Waals surface area contributed by atoms with Crippen molar-refractivity contribution in [2.75, 3.05) is 25.1 Å². The lowest BCUT2D eigenvalue weighted by Gasteiger charge is -2.45. The molecule has 5 nitrogen and oxygen atoms in total. The van der Waals surface area contributed by atoms with Crippen molar-refractivity contribution in [3.8, 4) is 0 Å². The Morgan fingerprint density at radius 1 is 1.26 bits per heavy atom. The van der Waals surface area contributed by atoms with Gasteiger partial charge in [0.15, 0.2) is 0 Å². The van der Waals surface area contributed by atoms with E-state index in [1.165, 1.54) is 25.7 Å². The summed E-state index contributed by atoms with van der Waals surface area (Å²) in [4.78, 5) is 13.4. The first-order valence-corrected chi connectivity index (χ1v) is 10.3. The van der Waals surface area contributed by atoms with E-state index in [1.54, 1.807) is 0 Å². The predicted octanol–water partition coefficient (Wildman–Crippen LogP) is 4.21. The third-order valence-corrected chi connectivity index (χ3v) is 6.57. The zero-order valence-corrected chi connectivity index (χ0v) is 16.3. The highest BCUT2D eigenvalue weighted by Gasteiger charge is 2.51. The summed E-state index contributed by atoms with van der Waals surface area (Å²) in [7, 11) is 0. The number of nitrogens with zero attached hydrogens (tertiary/aromatic N) is 1. The van der Waals surface area contributed by atoms with E-state index in [9.17, 15) is 9.90 Å². The maximum atomic E-state index is 13.4. The van der Waals surface area contributed by atoms with Crippen LogP contribution in [0.15, 0.2) is 24.4 Å². The average Bonchev–Trinajstić information content (AvgIpc) is 2.79. The van der Waals surface area contributed by atoms with Crippen LogP contribution in [0.1, 0.15) is 38.5 Å². The summed E-state index contributed by atoms with van der Waals surface area (Å²) in [5.74, 6) is 0.429. The Kier molecular flexibility index (Phi) is 5.44. The van der Waals surface area contributed by atoms with Gasteiger partial charge in [-0.1, -0.05) is 43.4 Å². The first-order valence-electron chi connectivity index (χ1n) is 9.93. The summed E-state index contributed by atoms with van der Waals surface area (Å²) < 4.78 is 7.46. The molecule has 27 heavy (non-hydrogen) atoms. The third kappa shape index (κ3) is 3.37. The molecule has 1 aromatic carbocycles. The fraction of sp³-hybridized carbons (Fsp3) is 0.571. The van der Waals surface area contributed by atoms with Crippen LogP contribution in [0.5, 0.6) is 0 Å². The third-order valence-electron chi connectivity index (χ3n) is 6.25. The highest BCUT2D eigenvalue weighted by Crippen LogP contribution is 2.44. The zero-order chi connectivity index (χ0) is 18.9. The summed E-state index contributed by atoms with van der Waals surface area (Å²) in [5.41, 5.74) is 1.21. The molecule has 4 rings (SSSR count). The van der Waals surface area contributed by atoms with E-state index < -0.39 is 5.41 Å². The minimum Gasteiger partial charge on any atom is -0.395 e. The van der Waals surface area contributed by atoms with Gasteiger partial charge < -0.3 is 19.7 Å². The molecule has 2 aliphatic rings. The van der Waals surface area contributed by atoms with E-state index in [4.69, 9.17) is 16.3 Å². The van der Waals surface area contributed by atoms with Crippen LogP contribution < -0.4 is 5.32 Å². The fourth-order valence-electron chi connectivity index (χ4n) is 4.65. The molecule has 1 saturated heterocycles. The normalized spacial score (nSPS) is 20.2. The molecule has 0 atom stereocenters. The van der Waals surface area contributed by atoms with Gasteiger partial charge in [0.05, 0.1) is 41.5 Å². The number of ether oxygens (including phenoxy) is 1. The molecule has 1 saturated carbocycles. The molecule has 2 aromatic rings. The Bertz CT molecular complexity index is 820. The number of nitrogens with one attached hydrogen (secondary N) is 1. The number of anilines is 1. The minimum atomic E-state index is -0.420. The smallest absolute Gasteiger partial charge is 0.235 e. The lowest BCUT2D eigenvalue weighted by molar-refractivity contribution is -0.170. The number of rotatable bonds is 5. The quantitative estimate of drug-likeness (QED) is 0.751. The molecule has 1 amide bonds. The van der Waals surface area contributed by atoms with Crippen LogP contribution in [0.3, 0.4) is 0 Å². The highest BCUT2D eigenvalue weighted by molar-refractivity contribution is 6.36. The summed E-state index contributed by atoms with van der Waals surface area (Å²) >= 11 is 6.44. The van der Waals surface area contributed by atoms with Crippen molar-refractivity contribution in [3.63, 3.8) is 0 Å². The minimum absolute atomic E-state index is 0.0313. The molecule has 1 aliphatic heterocycles. The molecule has 0 radical (unpaired) electrons. The Hall–Kier alpha value is -1.56. The second-order valence-electron chi connectivity index (χ2n) is 7.89. The lowest BCUT2D eigenvalue weighted by atomic mass is 9.69. The average molecular weight is 391 g/mol. The van der Waals surface area contributed by atoms with Crippen LogP contribution in [-0.4, -0.2) is 35.4 Å². The maximum Gasteiger partial charge on any atom is 0.235 e. The maximum absolute atomic E-state index is 13.4. The van der Waals surface area contributed by atoms with Crippen LogP contribution in [0, 0.1) is 11.3 Å². The molecule has 1 aromatic heterocycles. The van der Waals surface area contributed by atoms with Crippen LogP contribution in [-0.2, 0) is 16.1 Å². The Morgan fingerprint density at radius 2 is 2.00 bits per heavy atom. The number of benzene rings is 1. The molecular formula is C21H27ClN2O3. The van der Waals surface area contributed by atoms with E-state index in [-0.39, 0.29) is 12.5 Å². The number of fused-ring (bicyclic) bond motifs is 1. The molecule has 0 unspecified atom stereocenters. The number of hydrogen-bond acceptors (Lipinski definition) is 3. The van der Waals surface area contributed by atoms with Crippen LogP contribution in [0.4, 0.5) is 5.69 Å². The van der Waals surface area contributed by atoms with E-state index in [0.29, 0.717) is 36.4 Å². The van der Waals surface area contributed by atoms with Crippen LogP contribution in [0.2, 0.25) is 5.02 Å². The molecule has 1 aliphatic carbocycles. The van der Waals surface area contributed by atoms with Crippen LogP contribution >= 0.6 is 11.6 Å². The number of carbonyl (C=O) groups excluding carboxylic acids is 1. The van der Waals surface area contributed by atoms with Gasteiger partial charge in [0.2, 0.25) is 5.91 Å². The first-order chi connectivity index (χ1) is 13.2. The van der Waals surface area contributed by atoms with Crippen molar-refractivity contribution in [2.24, 2.45) is 11.3 Å². The Labute approximate surface area is 164 Å². The second-order valence-corrected chi connectivity index (χ2v) is 8.29. The van der Waals surface area contributed by atoms with Gasteiger partial charge in [0, 0.05) is 18.1 Å². The number of aliphatic hydroxyl groups is 1. The van der Waals surface area contributed by atoms with Crippen molar-refractivity contribution in [1.82, 2.24) is 4.57 Å². The van der Waals surface area contributed by atoms with Crippen molar-refractivity contribution in [2.45, 2.75) is 45.1 Å². The molecule has 2 N–H and O–H groups in total. The molecule has 0 bridgehead atoms. The lowest BCUT2D eigenvalue weighted by Crippen LogP contribution is -2.56. The summed E-state index contributed by atoms with van der Waals surface area (Å²) in [6.45, 7) is 1.51. The van der Waals surface area contributed by atoms with Gasteiger partial charge in [-0.25, -0.2) is 0 Å². The summed E-state index contributed by atoms with van der Waals surface area (Å²) in [6, 6.07) is 5.67. The number of carbonyl (C=O) groups is 1. The number of halogens is 1. The highest BCUT2D eigenvalue weighted by atomic mass is 35.5. The zero-order valence-electron chi connectivity index (χ0n) is 15.5. The molecule has 6 heteroatoms. The number of amides is 1. The van der Waals surface area contributed by atoms with Crippen LogP contribution in [0.25, 0.3) is 10.9 Å². The van der Waals surface area contributed by atoms with E-state index in [1.807, 2.05) is 29.0 Å². The fourth-order valence-corrected chi connectivity index (χ4v) is 4.92. The summed E-state index contributed by atoms with van der Waals surface area (Å²) in [6.07, 6.45) is 9.00. The first kappa shape index (κ1) is 18.8. The monoisotopic (exact) mass is 390 g/mol. The molecule has 146 valence electrons. The molecule has 0 spiro atoms. The van der Waals surface area contributed by atoms with Gasteiger partial charge in [-0.3, -0.25) is 4.79 Å². The molecule has 2 heterocycles. The number of aliphatic hydroxyl groups excluding tert-OH is 1. The van der Waals surface area contributed by atoms with E-state index in [2.05, 4.69) is 5.32 Å².